The first kappa shape index (κ1) is 13.0. The Kier molecular flexibility index (Phi) is 5.07. The van der Waals surface area contributed by atoms with Crippen LogP contribution in [0.5, 0.6) is 0 Å². The Morgan fingerprint density at radius 2 is 1.53 bits per heavy atom. The SMILES string of the molecule is C=C(C)[Si](C)(C)CN1CCCCCCC1. The van der Waals surface area contributed by atoms with E-state index >= 15 is 0 Å². The summed E-state index contributed by atoms with van der Waals surface area (Å²) in [6.45, 7) is 13.9. The second-order valence-electron chi connectivity index (χ2n) is 5.71. The number of hydrogen-bond acceptors (Lipinski definition) is 1. The zero-order chi connectivity index (χ0) is 11.3. The highest BCUT2D eigenvalue weighted by Gasteiger charge is 2.24. The lowest BCUT2D eigenvalue weighted by molar-refractivity contribution is 0.279. The van der Waals surface area contributed by atoms with Crippen molar-refractivity contribution in [3.8, 4) is 0 Å². The quantitative estimate of drug-likeness (QED) is 0.663. The van der Waals surface area contributed by atoms with E-state index in [0.717, 1.165) is 0 Å². The van der Waals surface area contributed by atoms with Gasteiger partial charge in [-0.3, -0.25) is 0 Å². The summed E-state index contributed by atoms with van der Waals surface area (Å²) < 4.78 is 0. The molecule has 15 heavy (non-hydrogen) atoms. The molecule has 0 saturated carbocycles. The number of nitrogens with zero attached hydrogens (tertiary/aromatic N) is 1. The lowest BCUT2D eigenvalue weighted by atomic mass is 10.1. The normalized spacial score (nSPS) is 20.7. The first-order chi connectivity index (χ1) is 7.02. The van der Waals surface area contributed by atoms with Crippen LogP contribution in [0.1, 0.15) is 39.0 Å². The highest BCUT2D eigenvalue weighted by molar-refractivity contribution is 6.84. The summed E-state index contributed by atoms with van der Waals surface area (Å²) >= 11 is 0. The Balaban J connectivity index is 2.44. The van der Waals surface area contributed by atoms with Crippen molar-refractivity contribution in [2.24, 2.45) is 0 Å². The molecule has 1 nitrogen and oxygen atoms in total. The third-order valence-electron chi connectivity index (χ3n) is 3.72. The second-order valence-corrected chi connectivity index (χ2v) is 10.6. The monoisotopic (exact) mass is 225 g/mol. The summed E-state index contributed by atoms with van der Waals surface area (Å²) in [5, 5.41) is 1.45. The summed E-state index contributed by atoms with van der Waals surface area (Å²) in [7, 11) is -1.18. The summed E-state index contributed by atoms with van der Waals surface area (Å²) in [5.74, 6) is 0. The third-order valence-corrected chi connectivity index (χ3v) is 7.27. The van der Waals surface area contributed by atoms with Crippen LogP contribution in [0.4, 0.5) is 0 Å². The van der Waals surface area contributed by atoms with E-state index in [9.17, 15) is 0 Å². The minimum Gasteiger partial charge on any atom is -0.306 e. The van der Waals surface area contributed by atoms with Crippen LogP contribution in [0.3, 0.4) is 0 Å². The van der Waals surface area contributed by atoms with Gasteiger partial charge in [-0.15, -0.1) is 6.58 Å². The Labute approximate surface area is 96.6 Å². The van der Waals surface area contributed by atoms with Crippen LogP contribution in [0.15, 0.2) is 11.8 Å². The van der Waals surface area contributed by atoms with Gasteiger partial charge >= 0.3 is 0 Å². The summed E-state index contributed by atoms with van der Waals surface area (Å²) in [4.78, 5) is 2.69. The minimum atomic E-state index is -1.18. The van der Waals surface area contributed by atoms with Gasteiger partial charge in [-0.05, 0) is 39.0 Å². The fourth-order valence-corrected chi connectivity index (χ4v) is 3.87. The average Bonchev–Trinajstić information content (AvgIpc) is 2.09. The molecule has 0 aromatic carbocycles. The average molecular weight is 225 g/mol. The fraction of sp³-hybridized carbons (Fsp3) is 0.846. The van der Waals surface area contributed by atoms with E-state index in [-0.39, 0.29) is 0 Å². The summed E-state index contributed by atoms with van der Waals surface area (Å²) in [5.41, 5.74) is 0. The molecule has 0 aromatic rings. The number of hydrogen-bond donors (Lipinski definition) is 0. The van der Waals surface area contributed by atoms with Gasteiger partial charge < -0.3 is 4.90 Å². The molecule has 1 aliphatic rings. The highest BCUT2D eigenvalue weighted by Crippen LogP contribution is 2.17. The van der Waals surface area contributed by atoms with Gasteiger partial charge in [0, 0.05) is 0 Å². The molecule has 1 rings (SSSR count). The van der Waals surface area contributed by atoms with Crippen LogP contribution >= 0.6 is 0 Å². The molecule has 88 valence electrons. The van der Waals surface area contributed by atoms with Gasteiger partial charge in [-0.25, -0.2) is 0 Å². The molecule has 1 heterocycles. The number of rotatable bonds is 3. The van der Waals surface area contributed by atoms with Crippen molar-refractivity contribution in [1.82, 2.24) is 4.90 Å². The molecule has 0 bridgehead atoms. The van der Waals surface area contributed by atoms with Gasteiger partial charge in [-0.1, -0.05) is 37.6 Å². The van der Waals surface area contributed by atoms with Crippen LogP contribution in [0.25, 0.3) is 0 Å². The van der Waals surface area contributed by atoms with Crippen molar-refractivity contribution in [3.63, 3.8) is 0 Å². The zero-order valence-electron chi connectivity index (χ0n) is 10.8. The largest absolute Gasteiger partial charge is 0.306 e. The van der Waals surface area contributed by atoms with Crippen LogP contribution in [-0.2, 0) is 0 Å². The van der Waals surface area contributed by atoms with Gasteiger partial charge in [0.15, 0.2) is 0 Å². The van der Waals surface area contributed by atoms with Crippen molar-refractivity contribution in [2.75, 3.05) is 19.3 Å². The van der Waals surface area contributed by atoms with E-state index in [1.165, 1.54) is 56.6 Å². The summed E-state index contributed by atoms with van der Waals surface area (Å²) in [6, 6.07) is 0. The van der Waals surface area contributed by atoms with E-state index in [1.807, 2.05) is 0 Å². The summed E-state index contributed by atoms with van der Waals surface area (Å²) in [6.07, 6.45) is 8.45. The molecule has 2 heteroatoms. The molecule has 0 atom stereocenters. The maximum atomic E-state index is 4.17. The number of allylic oxidation sites excluding steroid dienone is 1. The topological polar surface area (TPSA) is 3.24 Å². The molecule has 0 radical (unpaired) electrons. The first-order valence-corrected chi connectivity index (χ1v) is 9.61. The van der Waals surface area contributed by atoms with Gasteiger partial charge in [0.2, 0.25) is 0 Å². The molecule has 0 aromatic heterocycles. The van der Waals surface area contributed by atoms with Gasteiger partial charge in [-0.2, -0.15) is 0 Å². The minimum absolute atomic E-state index is 1.18. The molecule has 1 saturated heterocycles. The van der Waals surface area contributed by atoms with Crippen molar-refractivity contribution >= 4 is 8.07 Å². The van der Waals surface area contributed by atoms with E-state index in [1.54, 1.807) is 0 Å². The van der Waals surface area contributed by atoms with E-state index in [0.29, 0.717) is 0 Å². The van der Waals surface area contributed by atoms with Crippen LogP contribution < -0.4 is 0 Å². The van der Waals surface area contributed by atoms with E-state index in [4.69, 9.17) is 0 Å². The molecular weight excluding hydrogens is 198 g/mol. The Morgan fingerprint density at radius 3 is 2.00 bits per heavy atom. The van der Waals surface area contributed by atoms with Crippen molar-refractivity contribution < 1.29 is 0 Å². The second kappa shape index (κ2) is 5.85. The maximum Gasteiger partial charge on any atom is 0.0886 e. The van der Waals surface area contributed by atoms with Gasteiger partial charge in [0.05, 0.1) is 8.07 Å². The van der Waals surface area contributed by atoms with Crippen LogP contribution in [-0.4, -0.2) is 32.2 Å². The van der Waals surface area contributed by atoms with E-state index in [2.05, 4.69) is 31.5 Å². The molecular formula is C13H27NSi. The van der Waals surface area contributed by atoms with Crippen molar-refractivity contribution in [2.45, 2.75) is 52.1 Å². The highest BCUT2D eigenvalue weighted by atomic mass is 28.3. The Bertz CT molecular complexity index is 203. The van der Waals surface area contributed by atoms with Crippen molar-refractivity contribution in [1.29, 1.82) is 0 Å². The molecule has 0 spiro atoms. The molecule has 0 aliphatic carbocycles. The predicted octanol–water partition coefficient (Wildman–Crippen LogP) is 3.62. The lowest BCUT2D eigenvalue weighted by Gasteiger charge is -2.32. The fourth-order valence-electron chi connectivity index (χ4n) is 2.17. The molecule has 1 fully saturated rings. The zero-order valence-corrected chi connectivity index (χ0v) is 11.8. The smallest absolute Gasteiger partial charge is 0.0886 e. The van der Waals surface area contributed by atoms with Gasteiger partial charge in [0.25, 0.3) is 0 Å². The molecule has 0 unspecified atom stereocenters. The molecule has 1 aliphatic heterocycles. The number of likely N-dealkylation sites (tertiary alicyclic amines) is 1. The Morgan fingerprint density at radius 1 is 1.07 bits per heavy atom. The lowest BCUT2D eigenvalue weighted by Crippen LogP contribution is -2.44. The maximum absolute atomic E-state index is 4.17. The third kappa shape index (κ3) is 4.52. The molecule has 0 N–H and O–H groups in total. The Hall–Kier alpha value is -0.0831. The van der Waals surface area contributed by atoms with Gasteiger partial charge in [0.1, 0.15) is 0 Å². The predicted molar refractivity (Wildman–Crippen MR) is 71.8 cm³/mol. The van der Waals surface area contributed by atoms with Crippen molar-refractivity contribution in [3.05, 3.63) is 11.8 Å². The molecule has 0 amide bonds. The standard InChI is InChI=1S/C13H27NSi/c1-13(2)15(3,4)12-14-10-8-6-5-7-9-11-14/h1,5-12H2,2-4H3. The van der Waals surface area contributed by atoms with Crippen LogP contribution in [0, 0.1) is 0 Å². The van der Waals surface area contributed by atoms with E-state index < -0.39 is 8.07 Å². The van der Waals surface area contributed by atoms with Crippen LogP contribution in [0.2, 0.25) is 13.1 Å². The first-order valence-electron chi connectivity index (χ1n) is 6.41.